The van der Waals surface area contributed by atoms with Crippen molar-refractivity contribution in [2.24, 2.45) is 0 Å². The van der Waals surface area contributed by atoms with Gasteiger partial charge in [0.25, 0.3) is 0 Å². The molecule has 2 nitrogen and oxygen atoms in total. The third kappa shape index (κ3) is 4.23. The molecule has 6 aromatic carbocycles. The first kappa shape index (κ1) is 22.1. The Morgan fingerprint density at radius 3 is 1.58 bits per heavy atom. The van der Waals surface area contributed by atoms with E-state index in [1.54, 1.807) is 0 Å². The minimum absolute atomic E-state index is 0.917. The predicted molar refractivity (Wildman–Crippen MR) is 160 cm³/mol. The Morgan fingerprint density at radius 1 is 0.342 bits per heavy atom. The van der Waals surface area contributed by atoms with E-state index in [0.717, 1.165) is 33.3 Å². The summed E-state index contributed by atoms with van der Waals surface area (Å²) in [7, 11) is 0. The molecule has 38 heavy (non-hydrogen) atoms. The second kappa shape index (κ2) is 9.42. The van der Waals surface area contributed by atoms with Crippen LogP contribution < -0.4 is 5.32 Å². The highest BCUT2D eigenvalue weighted by molar-refractivity contribution is 6.06. The Bertz CT molecular complexity index is 1810. The Hall–Kier alpha value is -5.08. The molecule has 0 bridgehead atoms. The van der Waals surface area contributed by atoms with Gasteiger partial charge in [-0.2, -0.15) is 0 Å². The van der Waals surface area contributed by atoms with E-state index in [1.165, 1.54) is 33.4 Å². The number of hydrogen-bond acceptors (Lipinski definition) is 2. The summed E-state index contributed by atoms with van der Waals surface area (Å²) in [4.78, 5) is 0. The maximum atomic E-state index is 6.00. The summed E-state index contributed by atoms with van der Waals surface area (Å²) in [6.45, 7) is 0. The Balaban J connectivity index is 1.22. The van der Waals surface area contributed by atoms with E-state index < -0.39 is 0 Å². The van der Waals surface area contributed by atoms with Crippen LogP contribution in [-0.4, -0.2) is 0 Å². The van der Waals surface area contributed by atoms with Crippen LogP contribution in [0.2, 0.25) is 0 Å². The second-order valence-corrected chi connectivity index (χ2v) is 9.54. The van der Waals surface area contributed by atoms with Crippen LogP contribution in [0.25, 0.3) is 55.3 Å². The topological polar surface area (TPSA) is 25.2 Å². The average Bonchev–Trinajstić information content (AvgIpc) is 3.36. The van der Waals surface area contributed by atoms with E-state index in [9.17, 15) is 0 Å². The van der Waals surface area contributed by atoms with Crippen LogP contribution >= 0.6 is 0 Å². The fraction of sp³-hybridized carbons (Fsp3) is 0. The molecule has 0 saturated carbocycles. The molecule has 7 aromatic rings. The lowest BCUT2D eigenvalue weighted by Gasteiger charge is -2.13. The lowest BCUT2D eigenvalue weighted by molar-refractivity contribution is 0.669. The van der Waals surface area contributed by atoms with Crippen molar-refractivity contribution in [3.05, 3.63) is 146 Å². The summed E-state index contributed by atoms with van der Waals surface area (Å²) in [5.41, 5.74) is 11.1. The highest BCUT2D eigenvalue weighted by atomic mass is 16.3. The number of para-hydroxylation sites is 1. The minimum atomic E-state index is 0.917. The molecule has 0 saturated heterocycles. The molecule has 0 spiro atoms. The summed E-state index contributed by atoms with van der Waals surface area (Å²) < 4.78 is 6.00. The fourth-order valence-corrected chi connectivity index (χ4v) is 5.11. The third-order valence-corrected chi connectivity index (χ3v) is 7.03. The van der Waals surface area contributed by atoms with Crippen molar-refractivity contribution in [1.29, 1.82) is 0 Å². The number of nitrogens with one attached hydrogen (secondary N) is 1. The van der Waals surface area contributed by atoms with Gasteiger partial charge >= 0.3 is 0 Å². The molecular weight excluding hydrogens is 462 g/mol. The van der Waals surface area contributed by atoms with Gasteiger partial charge in [0.05, 0.1) is 0 Å². The zero-order valence-corrected chi connectivity index (χ0v) is 20.8. The third-order valence-electron chi connectivity index (χ3n) is 7.03. The highest BCUT2D eigenvalue weighted by Crippen LogP contribution is 2.34. The number of rotatable bonds is 5. The monoisotopic (exact) mass is 487 g/mol. The van der Waals surface area contributed by atoms with Crippen molar-refractivity contribution in [3.8, 4) is 33.4 Å². The van der Waals surface area contributed by atoms with Crippen LogP contribution in [0.15, 0.2) is 150 Å². The number of fused-ring (bicyclic) bond motifs is 3. The predicted octanol–water partition coefficient (Wildman–Crippen LogP) is 10.3. The molecule has 1 aromatic heterocycles. The van der Waals surface area contributed by atoms with Gasteiger partial charge in [0.1, 0.15) is 11.2 Å². The van der Waals surface area contributed by atoms with E-state index in [-0.39, 0.29) is 0 Å². The van der Waals surface area contributed by atoms with Gasteiger partial charge < -0.3 is 9.73 Å². The maximum absolute atomic E-state index is 6.00. The molecule has 0 unspecified atom stereocenters. The molecule has 0 atom stereocenters. The minimum Gasteiger partial charge on any atom is -0.456 e. The average molecular weight is 488 g/mol. The van der Waals surface area contributed by atoms with E-state index in [1.807, 2.05) is 12.1 Å². The van der Waals surface area contributed by atoms with Crippen LogP contribution in [0.3, 0.4) is 0 Å². The molecule has 0 aliphatic rings. The summed E-state index contributed by atoms with van der Waals surface area (Å²) in [6, 6.07) is 51.0. The van der Waals surface area contributed by atoms with Crippen LogP contribution in [-0.2, 0) is 0 Å². The summed E-state index contributed by atoms with van der Waals surface area (Å²) in [6.07, 6.45) is 0. The molecule has 7 rings (SSSR count). The summed E-state index contributed by atoms with van der Waals surface area (Å²) in [5, 5.41) is 5.93. The maximum Gasteiger partial charge on any atom is 0.135 e. The summed E-state index contributed by atoms with van der Waals surface area (Å²) in [5.74, 6) is 0. The van der Waals surface area contributed by atoms with Gasteiger partial charge in [-0.25, -0.2) is 0 Å². The van der Waals surface area contributed by atoms with E-state index >= 15 is 0 Å². The number of anilines is 2. The molecule has 0 radical (unpaired) electrons. The molecule has 0 aliphatic heterocycles. The van der Waals surface area contributed by atoms with Gasteiger partial charge in [-0.3, -0.25) is 0 Å². The van der Waals surface area contributed by atoms with Gasteiger partial charge in [0.15, 0.2) is 0 Å². The quantitative estimate of drug-likeness (QED) is 0.261. The van der Waals surface area contributed by atoms with Gasteiger partial charge in [-0.1, -0.05) is 97.1 Å². The number of furan rings is 1. The SMILES string of the molecule is c1ccc(-c2cc(Nc3ccc(-c4ccc5oc6ccccc6c5c4)cc3)cc(-c3ccccc3)c2)cc1. The standard InChI is InChI=1S/C36H25NO/c1-3-9-25(10-4-1)29-21-30(26-11-5-2-6-12-26)23-32(22-29)37-31-18-15-27(16-19-31)28-17-20-36-34(24-28)33-13-7-8-14-35(33)38-36/h1-24,37H. The van der Waals surface area contributed by atoms with E-state index in [0.29, 0.717) is 0 Å². The largest absolute Gasteiger partial charge is 0.456 e. The lowest BCUT2D eigenvalue weighted by atomic mass is 9.98. The molecule has 1 heterocycles. The molecule has 1 N–H and O–H groups in total. The normalized spacial score (nSPS) is 11.2. The first-order valence-electron chi connectivity index (χ1n) is 12.8. The zero-order chi connectivity index (χ0) is 25.3. The first-order chi connectivity index (χ1) is 18.8. The van der Waals surface area contributed by atoms with Crippen molar-refractivity contribution < 1.29 is 4.42 Å². The van der Waals surface area contributed by atoms with Crippen molar-refractivity contribution in [1.82, 2.24) is 0 Å². The molecule has 0 amide bonds. The molecule has 180 valence electrons. The fourth-order valence-electron chi connectivity index (χ4n) is 5.11. The smallest absolute Gasteiger partial charge is 0.135 e. The van der Waals surface area contributed by atoms with Crippen LogP contribution in [0.1, 0.15) is 0 Å². The number of benzene rings is 6. The Morgan fingerprint density at radius 2 is 0.895 bits per heavy atom. The van der Waals surface area contributed by atoms with Gasteiger partial charge in [-0.15, -0.1) is 0 Å². The van der Waals surface area contributed by atoms with Gasteiger partial charge in [0.2, 0.25) is 0 Å². The Kier molecular flexibility index (Phi) is 5.49. The van der Waals surface area contributed by atoms with Crippen LogP contribution in [0, 0.1) is 0 Å². The van der Waals surface area contributed by atoms with Gasteiger partial charge in [-0.05, 0) is 81.9 Å². The summed E-state index contributed by atoms with van der Waals surface area (Å²) >= 11 is 0. The van der Waals surface area contributed by atoms with E-state index in [2.05, 4.69) is 139 Å². The second-order valence-electron chi connectivity index (χ2n) is 9.54. The van der Waals surface area contributed by atoms with Crippen molar-refractivity contribution in [2.75, 3.05) is 5.32 Å². The number of hydrogen-bond donors (Lipinski definition) is 1. The zero-order valence-electron chi connectivity index (χ0n) is 20.8. The first-order valence-corrected chi connectivity index (χ1v) is 12.8. The van der Waals surface area contributed by atoms with E-state index in [4.69, 9.17) is 4.42 Å². The van der Waals surface area contributed by atoms with Crippen molar-refractivity contribution >= 4 is 33.3 Å². The van der Waals surface area contributed by atoms with Crippen molar-refractivity contribution in [2.45, 2.75) is 0 Å². The molecular formula is C36H25NO. The highest BCUT2D eigenvalue weighted by Gasteiger charge is 2.09. The lowest BCUT2D eigenvalue weighted by Crippen LogP contribution is -1.92. The Labute approximate surface area is 221 Å². The molecule has 0 aliphatic carbocycles. The van der Waals surface area contributed by atoms with Crippen LogP contribution in [0.5, 0.6) is 0 Å². The van der Waals surface area contributed by atoms with Crippen molar-refractivity contribution in [3.63, 3.8) is 0 Å². The van der Waals surface area contributed by atoms with Crippen LogP contribution in [0.4, 0.5) is 11.4 Å². The molecule has 2 heteroatoms. The molecule has 0 fully saturated rings. The van der Waals surface area contributed by atoms with Gasteiger partial charge in [0, 0.05) is 22.1 Å².